The molecular weight excluding hydrogens is 528 g/mol. The highest BCUT2D eigenvalue weighted by molar-refractivity contribution is 7.13. The summed E-state index contributed by atoms with van der Waals surface area (Å²) in [6.07, 6.45) is 9.27. The van der Waals surface area contributed by atoms with E-state index < -0.39 is 0 Å². The molecule has 2 aromatic carbocycles. The van der Waals surface area contributed by atoms with Crippen LogP contribution in [-0.4, -0.2) is 14.2 Å². The molecule has 0 spiro atoms. The average molecular weight is 567 g/mol. The molecule has 8 nitrogen and oxygen atoms in total. The molecule has 4 aromatic rings. The summed E-state index contributed by atoms with van der Waals surface area (Å²) < 4.78 is 15.0. The van der Waals surface area contributed by atoms with Gasteiger partial charge in [0.15, 0.2) is 11.4 Å². The molecule has 0 saturated heterocycles. The normalized spacial score (nSPS) is 11.0. The van der Waals surface area contributed by atoms with E-state index in [0.29, 0.717) is 0 Å². The molecule has 0 aliphatic rings. The molecule has 208 valence electrons. The number of methoxy groups -OCH3 is 2. The molecule has 0 N–H and O–H groups in total. The quantitative estimate of drug-likeness (QED) is 0.0751. The van der Waals surface area contributed by atoms with E-state index in [-0.39, 0.29) is 14.9 Å². The second-order valence-electron chi connectivity index (χ2n) is 8.57. The molecule has 4 rings (SSSR count). The maximum absolute atomic E-state index is 5.56. The van der Waals surface area contributed by atoms with Gasteiger partial charge in [0, 0.05) is 10.8 Å². The second kappa shape index (κ2) is 15.8. The lowest BCUT2D eigenvalue weighted by atomic mass is 10.0. The summed E-state index contributed by atoms with van der Waals surface area (Å²) >= 11 is 3.10. The van der Waals surface area contributed by atoms with Crippen LogP contribution < -0.4 is 18.6 Å². The highest BCUT2D eigenvalue weighted by Crippen LogP contribution is 2.32. The molecule has 10 heteroatoms. The van der Waals surface area contributed by atoms with Crippen molar-refractivity contribution in [1.82, 2.24) is 0 Å². The highest BCUT2D eigenvalue weighted by Gasteiger charge is 2.12. The van der Waals surface area contributed by atoms with E-state index in [9.17, 15) is 0 Å². The average Bonchev–Trinajstić information content (AvgIpc) is 3.53. The summed E-state index contributed by atoms with van der Waals surface area (Å²) in [6.45, 7) is 0. The zero-order valence-corrected chi connectivity index (χ0v) is 25.3. The summed E-state index contributed by atoms with van der Waals surface area (Å²) in [4.78, 5) is 0. The third-order valence-corrected chi connectivity index (χ3v) is 7.60. The van der Waals surface area contributed by atoms with Crippen molar-refractivity contribution < 1.29 is 18.6 Å². The maximum atomic E-state index is 5.56. The number of nitrogens with zero attached hydrogens (tertiary/aromatic N) is 6. The monoisotopic (exact) mass is 566 g/mol. The highest BCUT2D eigenvalue weighted by atomic mass is 32.1. The Kier molecular flexibility index (Phi) is 12.9. The summed E-state index contributed by atoms with van der Waals surface area (Å²) in [5.41, 5.74) is 3.96. The van der Waals surface area contributed by atoms with Crippen LogP contribution in [0, 0.1) is 14.9 Å². The van der Waals surface area contributed by atoms with Crippen molar-refractivity contribution in [1.29, 1.82) is 0 Å². The van der Waals surface area contributed by atoms with Gasteiger partial charge in [0.25, 0.3) is 0 Å². The van der Waals surface area contributed by atoms with Crippen LogP contribution in [0.25, 0.3) is 0 Å². The molecule has 0 unspecified atom stereocenters. The van der Waals surface area contributed by atoms with Crippen LogP contribution in [0.2, 0.25) is 0 Å². The molecule has 0 aliphatic heterocycles. The van der Waals surface area contributed by atoms with Crippen LogP contribution in [0.4, 0.5) is 21.6 Å². The first kappa shape index (κ1) is 31.7. The van der Waals surface area contributed by atoms with E-state index in [4.69, 9.17) is 9.47 Å². The smallest absolute Gasteiger partial charge is 0.408 e. The molecule has 2 heterocycles. The van der Waals surface area contributed by atoms with Crippen LogP contribution in [0.5, 0.6) is 11.5 Å². The maximum Gasteiger partial charge on any atom is 0.408 e. The number of ether oxygens (including phenoxy) is 2. The van der Waals surface area contributed by atoms with Gasteiger partial charge in [-0.05, 0) is 94.0 Å². The molecule has 0 bridgehead atoms. The second-order valence-corrected chi connectivity index (χ2v) is 10.3. The van der Waals surface area contributed by atoms with Gasteiger partial charge in [-0.1, -0.05) is 18.6 Å². The van der Waals surface area contributed by atoms with Gasteiger partial charge in [-0.25, -0.2) is 9.13 Å². The number of hydrogen-bond acceptors (Lipinski definition) is 8. The van der Waals surface area contributed by atoms with Gasteiger partial charge < -0.3 is 24.3 Å². The standard InChI is InChI=1S/C27H32N6O2S2.2CH3/c1-32-14-16-36-26(32)30-28-22-12-10-20(18-24(22)34-3)8-6-5-7-9-21-11-13-23(25(19-21)35-4)29-31-27-33(2)15-17-37-27;;/h10-19H,5-9H2,1-4H3;2*1H3/q+2;2*-1. The molecule has 0 fully saturated rings. The lowest BCUT2D eigenvalue weighted by Gasteiger charge is -2.08. The third-order valence-electron chi connectivity index (χ3n) is 5.93. The number of unbranched alkanes of at least 4 members (excludes halogenated alkanes) is 2. The van der Waals surface area contributed by atoms with Crippen molar-refractivity contribution in [3.8, 4) is 11.5 Å². The number of benzene rings is 2. The van der Waals surface area contributed by atoms with Gasteiger partial charge in [-0.3, -0.25) is 0 Å². The van der Waals surface area contributed by atoms with Crippen LogP contribution in [-0.2, 0) is 26.9 Å². The Hall–Kier alpha value is -3.50. The largest absolute Gasteiger partial charge is 0.494 e. The number of aromatic nitrogens is 2. The molecule has 0 saturated carbocycles. The minimum absolute atomic E-state index is 0. The fourth-order valence-electron chi connectivity index (χ4n) is 3.80. The Labute approximate surface area is 240 Å². The lowest BCUT2D eigenvalue weighted by molar-refractivity contribution is -0.654. The van der Waals surface area contributed by atoms with E-state index in [1.165, 1.54) is 11.1 Å². The van der Waals surface area contributed by atoms with Crippen molar-refractivity contribution in [2.45, 2.75) is 32.1 Å². The predicted molar refractivity (Wildman–Crippen MR) is 159 cm³/mol. The van der Waals surface area contributed by atoms with Gasteiger partial charge in [0.2, 0.25) is 0 Å². The van der Waals surface area contributed by atoms with Gasteiger partial charge in [-0.2, -0.15) is 0 Å². The van der Waals surface area contributed by atoms with Crippen LogP contribution in [0.3, 0.4) is 0 Å². The molecular formula is C29H38N6O2S2. The number of thiazole rings is 2. The van der Waals surface area contributed by atoms with E-state index in [1.54, 1.807) is 36.9 Å². The minimum Gasteiger partial charge on any atom is -0.494 e. The van der Waals surface area contributed by atoms with Crippen molar-refractivity contribution in [3.05, 3.63) is 85.5 Å². The molecule has 0 radical (unpaired) electrons. The van der Waals surface area contributed by atoms with Crippen molar-refractivity contribution >= 4 is 44.3 Å². The Morgan fingerprint density at radius 2 is 1.08 bits per heavy atom. The van der Waals surface area contributed by atoms with E-state index in [1.807, 2.05) is 58.5 Å². The zero-order chi connectivity index (χ0) is 26.0. The third kappa shape index (κ3) is 8.76. The van der Waals surface area contributed by atoms with Gasteiger partial charge in [0.1, 0.15) is 23.9 Å². The summed E-state index contributed by atoms with van der Waals surface area (Å²) in [6, 6.07) is 12.3. The minimum atomic E-state index is 0. The number of aryl methyl sites for hydroxylation is 4. The van der Waals surface area contributed by atoms with Crippen molar-refractivity contribution in [2.24, 2.45) is 34.6 Å². The van der Waals surface area contributed by atoms with Crippen molar-refractivity contribution in [2.75, 3.05) is 14.2 Å². The Balaban J connectivity index is 0.00000267. The van der Waals surface area contributed by atoms with Gasteiger partial charge in [-0.15, -0.1) is 0 Å². The summed E-state index contributed by atoms with van der Waals surface area (Å²) in [5, 5.41) is 23.1. The molecule has 0 atom stereocenters. The molecule has 0 aliphatic carbocycles. The Bertz CT molecular complexity index is 1280. The molecule has 39 heavy (non-hydrogen) atoms. The molecule has 2 aromatic heterocycles. The van der Waals surface area contributed by atoms with Crippen LogP contribution in [0.15, 0.2) is 80.0 Å². The van der Waals surface area contributed by atoms with E-state index in [0.717, 1.165) is 65.2 Å². The van der Waals surface area contributed by atoms with Crippen LogP contribution >= 0.6 is 22.7 Å². The lowest BCUT2D eigenvalue weighted by Crippen LogP contribution is -2.23. The van der Waals surface area contributed by atoms with E-state index >= 15 is 0 Å². The first-order valence-corrected chi connectivity index (χ1v) is 13.9. The topological polar surface area (TPSA) is 75.7 Å². The Morgan fingerprint density at radius 1 is 0.641 bits per heavy atom. The molecule has 0 amide bonds. The Morgan fingerprint density at radius 3 is 1.44 bits per heavy atom. The number of azo groups is 2. The van der Waals surface area contributed by atoms with Crippen molar-refractivity contribution in [3.63, 3.8) is 0 Å². The number of hydrogen-bond donors (Lipinski definition) is 0. The fraction of sp³-hybridized carbons (Fsp3) is 0.310. The zero-order valence-electron chi connectivity index (χ0n) is 23.6. The predicted octanol–water partition coefficient (Wildman–Crippen LogP) is 8.16. The number of rotatable bonds is 12. The van der Waals surface area contributed by atoms with Gasteiger partial charge >= 0.3 is 10.3 Å². The summed E-state index contributed by atoms with van der Waals surface area (Å²) in [7, 11) is 7.26. The fourth-order valence-corrected chi connectivity index (χ4v) is 5.16. The first-order chi connectivity index (χ1) is 18.1. The first-order valence-electron chi connectivity index (χ1n) is 12.1. The van der Waals surface area contributed by atoms with Crippen LogP contribution in [0.1, 0.15) is 30.4 Å². The summed E-state index contributed by atoms with van der Waals surface area (Å²) in [5.74, 6) is 1.50. The van der Waals surface area contributed by atoms with E-state index in [2.05, 4.69) is 44.7 Å². The van der Waals surface area contributed by atoms with Gasteiger partial charge in [0.05, 0.1) is 38.5 Å². The SMILES string of the molecule is COc1cc(CCCCCc2ccc(N=Nc3scc[n+]3C)c(OC)c2)ccc1N=Nc1scc[n+]1C.[CH3-].[CH3-].